The number of hydrogen-bond donors (Lipinski definition) is 2. The van der Waals surface area contributed by atoms with Gasteiger partial charge in [-0.05, 0) is 56.0 Å². The van der Waals surface area contributed by atoms with E-state index in [0.717, 1.165) is 11.3 Å². The van der Waals surface area contributed by atoms with Crippen LogP contribution in [-0.2, 0) is 21.4 Å². The molecular weight excluding hydrogens is 541 g/mol. The monoisotopic (exact) mass is 583 g/mol. The molecule has 0 spiro atoms. The van der Waals surface area contributed by atoms with Gasteiger partial charge in [0.15, 0.2) is 0 Å². The second kappa shape index (κ2) is 15.7. The third-order valence-corrected chi connectivity index (χ3v) is 8.78. The molecule has 0 aliphatic heterocycles. The number of amides is 1. The molecule has 0 aromatic heterocycles. The molecule has 1 amide bonds. The summed E-state index contributed by atoms with van der Waals surface area (Å²) < 4.78 is 42.6. The molecule has 222 valence electrons. The van der Waals surface area contributed by atoms with Gasteiger partial charge in [-0.25, -0.2) is 12.8 Å². The number of carbonyl (C=O) groups is 1. The topological polar surface area (TPSA) is 90.0 Å². The Morgan fingerprint density at radius 2 is 1.61 bits per heavy atom. The predicted molar refractivity (Wildman–Crippen MR) is 162 cm³/mol. The molecule has 0 unspecified atom stereocenters. The number of nitrogens with zero attached hydrogens (tertiary/aromatic N) is 2. The largest absolute Gasteiger partial charge is 0.395 e. The van der Waals surface area contributed by atoms with E-state index in [-0.39, 0.29) is 42.2 Å². The standard InChI is InChI=1S/C32H42FN3O4S/c1-25(2)21-36(41(39,40)30-18-16-26(3)17-19-30)29(24-37)14-9-10-20-34-32(38)23-35(28-12-5-4-6-13-28)22-27-11-7-8-15-31(27)33/h4-8,11-13,15-19,25,29,37H,9-10,14,20-24H2,1-3H3,(H,34,38)/t29-/m0/s1. The van der Waals surface area contributed by atoms with E-state index in [1.54, 1.807) is 42.5 Å². The lowest BCUT2D eigenvalue weighted by molar-refractivity contribution is -0.119. The number of halogens is 1. The highest BCUT2D eigenvalue weighted by Crippen LogP contribution is 2.23. The number of anilines is 1. The molecule has 3 aromatic rings. The number of unbranched alkanes of at least 4 members (excludes halogenated alkanes) is 1. The third-order valence-electron chi connectivity index (χ3n) is 6.85. The van der Waals surface area contributed by atoms with Crippen LogP contribution in [0.5, 0.6) is 0 Å². The van der Waals surface area contributed by atoms with Crippen LogP contribution in [0.15, 0.2) is 83.8 Å². The summed E-state index contributed by atoms with van der Waals surface area (Å²) in [6.07, 6.45) is 1.72. The minimum atomic E-state index is -3.78. The van der Waals surface area contributed by atoms with Crippen molar-refractivity contribution < 1.29 is 22.7 Å². The maximum Gasteiger partial charge on any atom is 0.243 e. The van der Waals surface area contributed by atoms with Crippen molar-refractivity contribution in [2.45, 2.75) is 57.5 Å². The highest BCUT2D eigenvalue weighted by Gasteiger charge is 2.31. The second-order valence-electron chi connectivity index (χ2n) is 10.7. The van der Waals surface area contributed by atoms with Crippen LogP contribution in [0.1, 0.15) is 44.2 Å². The molecule has 0 saturated heterocycles. The number of aliphatic hydroxyl groups is 1. The van der Waals surface area contributed by atoms with E-state index in [2.05, 4.69) is 5.32 Å². The van der Waals surface area contributed by atoms with Gasteiger partial charge < -0.3 is 15.3 Å². The van der Waals surface area contributed by atoms with Gasteiger partial charge in [0.25, 0.3) is 0 Å². The van der Waals surface area contributed by atoms with Gasteiger partial charge in [0.05, 0.1) is 18.0 Å². The van der Waals surface area contributed by atoms with Crippen LogP contribution < -0.4 is 10.2 Å². The number of aliphatic hydroxyl groups excluding tert-OH is 1. The molecule has 1 atom stereocenters. The molecule has 41 heavy (non-hydrogen) atoms. The molecule has 0 bridgehead atoms. The fraction of sp³-hybridized carbons (Fsp3) is 0.406. The molecule has 0 aliphatic rings. The highest BCUT2D eigenvalue weighted by molar-refractivity contribution is 7.89. The lowest BCUT2D eigenvalue weighted by atomic mass is 10.1. The summed E-state index contributed by atoms with van der Waals surface area (Å²) in [6, 6.07) is 22.1. The van der Waals surface area contributed by atoms with Gasteiger partial charge in [-0.15, -0.1) is 0 Å². The Labute approximate surface area is 244 Å². The van der Waals surface area contributed by atoms with Gasteiger partial charge >= 0.3 is 0 Å². The Bertz CT molecular complexity index is 1330. The number of rotatable bonds is 16. The quantitative estimate of drug-likeness (QED) is 0.228. The van der Waals surface area contributed by atoms with Gasteiger partial charge in [0.2, 0.25) is 15.9 Å². The fourth-order valence-corrected chi connectivity index (χ4v) is 6.46. The fourth-order valence-electron chi connectivity index (χ4n) is 4.65. The first-order valence-electron chi connectivity index (χ1n) is 14.1. The van der Waals surface area contributed by atoms with Gasteiger partial charge in [-0.3, -0.25) is 4.79 Å². The lowest BCUT2D eigenvalue weighted by Gasteiger charge is -2.31. The number of nitrogens with one attached hydrogen (secondary N) is 1. The summed E-state index contributed by atoms with van der Waals surface area (Å²) >= 11 is 0. The number of sulfonamides is 1. The van der Waals surface area contributed by atoms with Crippen molar-refractivity contribution in [3.8, 4) is 0 Å². The van der Waals surface area contributed by atoms with Crippen LogP contribution in [0.25, 0.3) is 0 Å². The minimum absolute atomic E-state index is 0.0641. The van der Waals surface area contributed by atoms with E-state index in [0.29, 0.717) is 37.9 Å². The molecule has 0 fully saturated rings. The average Bonchev–Trinajstić information content (AvgIpc) is 2.95. The number of aryl methyl sites for hydroxylation is 1. The van der Waals surface area contributed by atoms with Crippen LogP contribution in [0, 0.1) is 18.7 Å². The summed E-state index contributed by atoms with van der Waals surface area (Å²) in [5, 5.41) is 13.1. The van der Waals surface area contributed by atoms with Crippen molar-refractivity contribution in [3.05, 3.63) is 95.8 Å². The van der Waals surface area contributed by atoms with Gasteiger partial charge in [0.1, 0.15) is 5.82 Å². The Morgan fingerprint density at radius 1 is 0.951 bits per heavy atom. The normalized spacial score (nSPS) is 12.5. The smallest absolute Gasteiger partial charge is 0.243 e. The second-order valence-corrected chi connectivity index (χ2v) is 12.6. The number of hydrogen-bond acceptors (Lipinski definition) is 5. The first-order valence-corrected chi connectivity index (χ1v) is 15.5. The summed E-state index contributed by atoms with van der Waals surface area (Å²) in [5.74, 6) is -0.420. The van der Waals surface area contributed by atoms with Crippen LogP contribution in [0.4, 0.5) is 10.1 Å². The van der Waals surface area contributed by atoms with Crippen molar-refractivity contribution in [2.24, 2.45) is 5.92 Å². The summed E-state index contributed by atoms with van der Waals surface area (Å²) in [4.78, 5) is 14.9. The summed E-state index contributed by atoms with van der Waals surface area (Å²) in [5.41, 5.74) is 2.29. The maximum absolute atomic E-state index is 14.3. The molecule has 7 nitrogen and oxygen atoms in total. The third kappa shape index (κ3) is 9.66. The molecule has 0 radical (unpaired) electrons. The number of carbonyl (C=O) groups excluding carboxylic acids is 1. The molecule has 0 heterocycles. The minimum Gasteiger partial charge on any atom is -0.395 e. The van der Waals surface area contributed by atoms with Gasteiger partial charge in [-0.1, -0.05) is 74.4 Å². The number of para-hydroxylation sites is 1. The van der Waals surface area contributed by atoms with E-state index >= 15 is 0 Å². The van der Waals surface area contributed by atoms with Gasteiger partial charge in [0, 0.05) is 36.9 Å². The Kier molecular flexibility index (Phi) is 12.3. The Balaban J connectivity index is 1.56. The van der Waals surface area contributed by atoms with E-state index < -0.39 is 16.1 Å². The van der Waals surface area contributed by atoms with E-state index in [4.69, 9.17) is 0 Å². The van der Waals surface area contributed by atoms with Crippen molar-refractivity contribution >= 4 is 21.6 Å². The van der Waals surface area contributed by atoms with Crippen LogP contribution in [0.2, 0.25) is 0 Å². The first kappa shape index (κ1) is 32.2. The van der Waals surface area contributed by atoms with Crippen LogP contribution in [0.3, 0.4) is 0 Å². The molecule has 2 N–H and O–H groups in total. The zero-order valence-corrected chi connectivity index (χ0v) is 25.0. The molecule has 3 rings (SSSR count). The zero-order valence-electron chi connectivity index (χ0n) is 24.2. The highest BCUT2D eigenvalue weighted by atomic mass is 32.2. The molecule has 0 aliphatic carbocycles. The molecule has 0 saturated carbocycles. The van der Waals surface area contributed by atoms with Crippen molar-refractivity contribution in [2.75, 3.05) is 31.1 Å². The zero-order chi connectivity index (χ0) is 29.8. The SMILES string of the molecule is Cc1ccc(S(=O)(=O)N(CC(C)C)[C@H](CO)CCCCNC(=O)CN(Cc2ccccc2F)c2ccccc2)cc1. The first-order chi connectivity index (χ1) is 19.6. The maximum atomic E-state index is 14.3. The van der Waals surface area contributed by atoms with E-state index in [9.17, 15) is 22.7 Å². The average molecular weight is 584 g/mol. The molecular formula is C32H42FN3O4S. The lowest BCUT2D eigenvalue weighted by Crippen LogP contribution is -2.44. The summed E-state index contributed by atoms with van der Waals surface area (Å²) in [7, 11) is -3.78. The molecule has 3 aromatic carbocycles. The predicted octanol–water partition coefficient (Wildman–Crippen LogP) is 5.14. The summed E-state index contributed by atoms with van der Waals surface area (Å²) in [6.45, 7) is 6.55. The van der Waals surface area contributed by atoms with Crippen LogP contribution >= 0.6 is 0 Å². The van der Waals surface area contributed by atoms with Crippen LogP contribution in [-0.4, -0.2) is 56.0 Å². The van der Waals surface area contributed by atoms with E-state index in [1.807, 2.05) is 56.0 Å². The Morgan fingerprint density at radius 3 is 2.24 bits per heavy atom. The molecule has 9 heteroatoms. The van der Waals surface area contributed by atoms with Crippen molar-refractivity contribution in [1.29, 1.82) is 0 Å². The van der Waals surface area contributed by atoms with E-state index in [1.165, 1.54) is 10.4 Å². The van der Waals surface area contributed by atoms with Crippen molar-refractivity contribution in [1.82, 2.24) is 9.62 Å². The van der Waals surface area contributed by atoms with Gasteiger partial charge in [-0.2, -0.15) is 4.31 Å². The van der Waals surface area contributed by atoms with Crippen molar-refractivity contribution in [3.63, 3.8) is 0 Å². The Hall–Kier alpha value is -3.27. The number of benzene rings is 3.